The first kappa shape index (κ1) is 13.6. The van der Waals surface area contributed by atoms with Gasteiger partial charge in [-0.3, -0.25) is 0 Å². The molecule has 0 spiro atoms. The Morgan fingerprint density at radius 1 is 1.06 bits per heavy atom. The van der Waals surface area contributed by atoms with E-state index in [1.54, 1.807) is 0 Å². The van der Waals surface area contributed by atoms with Crippen LogP contribution in [0.2, 0.25) is 0 Å². The van der Waals surface area contributed by atoms with Crippen LogP contribution in [-0.4, -0.2) is 12.6 Å². The smallest absolute Gasteiger partial charge is 0.00670 e. The first-order chi connectivity index (χ1) is 8.86. The number of hydrogen-bond acceptors (Lipinski definition) is 1. The molecule has 1 N–H and O–H groups in total. The normalized spacial score (nSPS) is 17.6. The number of rotatable bonds is 5. The van der Waals surface area contributed by atoms with Crippen molar-refractivity contribution in [3.63, 3.8) is 0 Å². The molecule has 1 aromatic carbocycles. The molecule has 0 amide bonds. The van der Waals surface area contributed by atoms with Crippen LogP contribution in [0.4, 0.5) is 0 Å². The van der Waals surface area contributed by atoms with Gasteiger partial charge in [0.25, 0.3) is 0 Å². The molecule has 1 aliphatic rings. The predicted octanol–water partition coefficient (Wildman–Crippen LogP) is 4.24. The summed E-state index contributed by atoms with van der Waals surface area (Å²) in [5.41, 5.74) is 2.95. The first-order valence-electron chi connectivity index (χ1n) is 7.64. The summed E-state index contributed by atoms with van der Waals surface area (Å²) in [5, 5.41) is 3.75. The molecule has 0 aliphatic heterocycles. The summed E-state index contributed by atoms with van der Waals surface area (Å²) in [7, 11) is 0. The van der Waals surface area contributed by atoms with Crippen LogP contribution in [0.3, 0.4) is 0 Å². The highest BCUT2D eigenvalue weighted by molar-refractivity contribution is 5.25. The fraction of sp³-hybridized carbons (Fsp3) is 0.647. The highest BCUT2D eigenvalue weighted by atomic mass is 14.9. The molecule has 0 saturated heterocycles. The van der Waals surface area contributed by atoms with Crippen LogP contribution in [-0.2, 0) is 6.42 Å². The largest absolute Gasteiger partial charge is 0.314 e. The van der Waals surface area contributed by atoms with Gasteiger partial charge in [-0.05, 0) is 50.3 Å². The second-order valence-electron chi connectivity index (χ2n) is 5.67. The van der Waals surface area contributed by atoms with Gasteiger partial charge in [0.05, 0.1) is 0 Å². The molecule has 1 nitrogen and oxygen atoms in total. The van der Waals surface area contributed by atoms with Crippen molar-refractivity contribution >= 4 is 0 Å². The van der Waals surface area contributed by atoms with Crippen LogP contribution in [0, 0.1) is 6.92 Å². The van der Waals surface area contributed by atoms with Crippen molar-refractivity contribution in [3.05, 3.63) is 35.4 Å². The van der Waals surface area contributed by atoms with E-state index in [4.69, 9.17) is 0 Å². The zero-order chi connectivity index (χ0) is 12.6. The lowest BCUT2D eigenvalue weighted by molar-refractivity contribution is 0.456. The van der Waals surface area contributed by atoms with Gasteiger partial charge in [-0.25, -0.2) is 0 Å². The molecule has 1 heteroatoms. The van der Waals surface area contributed by atoms with Gasteiger partial charge in [0, 0.05) is 6.04 Å². The quantitative estimate of drug-likeness (QED) is 0.604. The summed E-state index contributed by atoms with van der Waals surface area (Å²) in [6.07, 6.45) is 11.0. The monoisotopic (exact) mass is 245 g/mol. The predicted molar refractivity (Wildman–Crippen MR) is 79.0 cm³/mol. The molecule has 1 fully saturated rings. The number of aryl methyl sites for hydroxylation is 2. The van der Waals surface area contributed by atoms with E-state index in [0.717, 1.165) is 6.04 Å². The highest BCUT2D eigenvalue weighted by Gasteiger charge is 2.10. The standard InChI is InChI=1S/C17H27N/c1-15-9-6-7-10-16(15)11-8-14-18-17-12-4-2-3-5-13-17/h6-7,9-10,17-18H,2-5,8,11-14H2,1H3. The summed E-state index contributed by atoms with van der Waals surface area (Å²) in [5.74, 6) is 0. The summed E-state index contributed by atoms with van der Waals surface area (Å²) in [4.78, 5) is 0. The van der Waals surface area contributed by atoms with Crippen molar-refractivity contribution in [2.45, 2.75) is 64.3 Å². The lowest BCUT2D eigenvalue weighted by atomic mass is 10.0. The average Bonchev–Trinajstić information content (AvgIpc) is 2.65. The van der Waals surface area contributed by atoms with Gasteiger partial charge < -0.3 is 5.32 Å². The van der Waals surface area contributed by atoms with E-state index in [9.17, 15) is 0 Å². The Kier molecular flexibility index (Phi) is 5.73. The zero-order valence-corrected chi connectivity index (χ0v) is 11.8. The minimum absolute atomic E-state index is 0.796. The van der Waals surface area contributed by atoms with Crippen molar-refractivity contribution in [2.75, 3.05) is 6.54 Å². The van der Waals surface area contributed by atoms with E-state index < -0.39 is 0 Å². The van der Waals surface area contributed by atoms with E-state index in [2.05, 4.69) is 36.5 Å². The number of benzene rings is 1. The lowest BCUT2D eigenvalue weighted by Crippen LogP contribution is -2.29. The number of hydrogen-bond donors (Lipinski definition) is 1. The van der Waals surface area contributed by atoms with Gasteiger partial charge in [0.1, 0.15) is 0 Å². The molecule has 0 unspecified atom stereocenters. The molecule has 1 aliphatic carbocycles. The van der Waals surface area contributed by atoms with Gasteiger partial charge in [-0.1, -0.05) is 49.9 Å². The SMILES string of the molecule is Cc1ccccc1CCCNC1CCCCCC1. The average molecular weight is 245 g/mol. The van der Waals surface area contributed by atoms with Gasteiger partial charge in [-0.2, -0.15) is 0 Å². The molecule has 2 rings (SSSR count). The Labute approximate surface area is 112 Å². The minimum Gasteiger partial charge on any atom is -0.314 e. The summed E-state index contributed by atoms with van der Waals surface area (Å²) in [6, 6.07) is 9.56. The van der Waals surface area contributed by atoms with E-state index >= 15 is 0 Å². The van der Waals surface area contributed by atoms with Crippen molar-refractivity contribution in [1.29, 1.82) is 0 Å². The minimum atomic E-state index is 0.796. The van der Waals surface area contributed by atoms with E-state index in [-0.39, 0.29) is 0 Å². The first-order valence-corrected chi connectivity index (χ1v) is 7.64. The third kappa shape index (κ3) is 4.45. The van der Waals surface area contributed by atoms with Crippen molar-refractivity contribution < 1.29 is 0 Å². The molecule has 1 aromatic rings. The maximum absolute atomic E-state index is 3.75. The Balaban J connectivity index is 1.65. The molecular weight excluding hydrogens is 218 g/mol. The van der Waals surface area contributed by atoms with E-state index in [1.165, 1.54) is 69.0 Å². The maximum Gasteiger partial charge on any atom is 0.00670 e. The van der Waals surface area contributed by atoms with Gasteiger partial charge in [0.15, 0.2) is 0 Å². The van der Waals surface area contributed by atoms with Crippen LogP contribution in [0.25, 0.3) is 0 Å². The molecule has 0 atom stereocenters. The lowest BCUT2D eigenvalue weighted by Gasteiger charge is -2.16. The highest BCUT2D eigenvalue weighted by Crippen LogP contribution is 2.17. The Hall–Kier alpha value is -0.820. The van der Waals surface area contributed by atoms with Crippen LogP contribution in [0.1, 0.15) is 56.1 Å². The third-order valence-corrected chi connectivity index (χ3v) is 4.17. The molecule has 0 radical (unpaired) electrons. The molecular formula is C17H27N. The van der Waals surface area contributed by atoms with Crippen LogP contribution >= 0.6 is 0 Å². The maximum atomic E-state index is 3.75. The van der Waals surface area contributed by atoms with Crippen LogP contribution in [0.15, 0.2) is 24.3 Å². The van der Waals surface area contributed by atoms with Gasteiger partial charge in [-0.15, -0.1) is 0 Å². The fourth-order valence-corrected chi connectivity index (χ4v) is 2.96. The molecule has 0 aromatic heterocycles. The molecule has 0 heterocycles. The Bertz CT molecular complexity index is 337. The van der Waals surface area contributed by atoms with Crippen molar-refractivity contribution in [3.8, 4) is 0 Å². The number of nitrogens with one attached hydrogen (secondary N) is 1. The summed E-state index contributed by atoms with van der Waals surface area (Å²) >= 11 is 0. The van der Waals surface area contributed by atoms with Gasteiger partial charge >= 0.3 is 0 Å². The summed E-state index contributed by atoms with van der Waals surface area (Å²) in [6.45, 7) is 3.40. The molecule has 100 valence electrons. The van der Waals surface area contributed by atoms with E-state index in [1.807, 2.05) is 0 Å². The second kappa shape index (κ2) is 7.58. The van der Waals surface area contributed by atoms with Gasteiger partial charge in [0.2, 0.25) is 0 Å². The Morgan fingerprint density at radius 2 is 1.78 bits per heavy atom. The second-order valence-corrected chi connectivity index (χ2v) is 5.67. The van der Waals surface area contributed by atoms with Crippen molar-refractivity contribution in [2.24, 2.45) is 0 Å². The summed E-state index contributed by atoms with van der Waals surface area (Å²) < 4.78 is 0. The molecule has 0 bridgehead atoms. The van der Waals surface area contributed by atoms with Crippen LogP contribution < -0.4 is 5.32 Å². The van der Waals surface area contributed by atoms with Crippen LogP contribution in [0.5, 0.6) is 0 Å². The fourth-order valence-electron chi connectivity index (χ4n) is 2.96. The van der Waals surface area contributed by atoms with E-state index in [0.29, 0.717) is 0 Å². The third-order valence-electron chi connectivity index (χ3n) is 4.17. The van der Waals surface area contributed by atoms with Crippen molar-refractivity contribution in [1.82, 2.24) is 5.32 Å². The topological polar surface area (TPSA) is 12.0 Å². The Morgan fingerprint density at radius 3 is 2.50 bits per heavy atom. The zero-order valence-electron chi connectivity index (χ0n) is 11.8. The molecule has 1 saturated carbocycles. The molecule has 18 heavy (non-hydrogen) atoms.